The van der Waals surface area contributed by atoms with Gasteiger partial charge in [-0.25, -0.2) is 0 Å². The molecule has 0 spiro atoms. The van der Waals surface area contributed by atoms with Crippen LogP contribution in [0.4, 0.5) is 0 Å². The SMILES string of the molecule is N#Cc1ccc(OCCCN2CCC([C@](O)(c3ccccc3)C3CCCCC3)CC2)cc1. The van der Waals surface area contributed by atoms with E-state index in [2.05, 4.69) is 35.2 Å². The number of piperidine rings is 1. The largest absolute Gasteiger partial charge is 0.494 e. The number of benzene rings is 2. The highest BCUT2D eigenvalue weighted by Gasteiger charge is 2.45. The molecule has 1 atom stereocenters. The fraction of sp³-hybridized carbons (Fsp3) is 0.536. The van der Waals surface area contributed by atoms with Crippen LogP contribution in [-0.4, -0.2) is 36.2 Å². The minimum atomic E-state index is -0.688. The first kappa shape index (κ1) is 22.8. The molecule has 1 N–H and O–H groups in total. The summed E-state index contributed by atoms with van der Waals surface area (Å²) in [5.41, 5.74) is 1.09. The normalized spacial score (nSPS) is 20.4. The predicted molar refractivity (Wildman–Crippen MR) is 127 cm³/mol. The van der Waals surface area contributed by atoms with E-state index in [4.69, 9.17) is 10.00 Å². The fourth-order valence-corrected chi connectivity index (χ4v) is 5.75. The molecule has 1 saturated carbocycles. The van der Waals surface area contributed by atoms with E-state index < -0.39 is 5.60 Å². The molecule has 4 heteroatoms. The molecule has 170 valence electrons. The Kier molecular flexibility index (Phi) is 7.84. The van der Waals surface area contributed by atoms with Crippen molar-refractivity contribution < 1.29 is 9.84 Å². The summed E-state index contributed by atoms with van der Waals surface area (Å²) in [6, 6.07) is 19.9. The number of hydrogen-bond acceptors (Lipinski definition) is 4. The lowest BCUT2D eigenvalue weighted by atomic mass is 9.65. The molecule has 2 aromatic rings. The topological polar surface area (TPSA) is 56.5 Å². The molecule has 1 aliphatic carbocycles. The van der Waals surface area contributed by atoms with Crippen molar-refractivity contribution in [3.63, 3.8) is 0 Å². The minimum Gasteiger partial charge on any atom is -0.494 e. The van der Waals surface area contributed by atoms with Crippen molar-refractivity contribution >= 4 is 0 Å². The Balaban J connectivity index is 1.28. The first-order chi connectivity index (χ1) is 15.7. The summed E-state index contributed by atoms with van der Waals surface area (Å²) < 4.78 is 5.83. The molecule has 2 fully saturated rings. The lowest BCUT2D eigenvalue weighted by Crippen LogP contribution is -2.48. The molecule has 2 aromatic carbocycles. The molecule has 1 saturated heterocycles. The van der Waals surface area contributed by atoms with Crippen molar-refractivity contribution in [1.82, 2.24) is 4.90 Å². The van der Waals surface area contributed by atoms with Gasteiger partial charge in [0.25, 0.3) is 0 Å². The van der Waals surface area contributed by atoms with Gasteiger partial charge in [-0.1, -0.05) is 49.6 Å². The van der Waals surface area contributed by atoms with Gasteiger partial charge in [-0.15, -0.1) is 0 Å². The van der Waals surface area contributed by atoms with E-state index in [0.29, 0.717) is 24.0 Å². The van der Waals surface area contributed by atoms with Crippen LogP contribution in [0.5, 0.6) is 5.75 Å². The van der Waals surface area contributed by atoms with E-state index in [9.17, 15) is 5.11 Å². The number of ether oxygens (including phenoxy) is 1. The number of likely N-dealkylation sites (tertiary alicyclic amines) is 1. The zero-order chi connectivity index (χ0) is 22.2. The lowest BCUT2D eigenvalue weighted by Gasteiger charge is -2.47. The second-order valence-electron chi connectivity index (χ2n) is 9.48. The van der Waals surface area contributed by atoms with Gasteiger partial charge >= 0.3 is 0 Å². The van der Waals surface area contributed by atoms with E-state index in [1.54, 1.807) is 12.1 Å². The molecule has 1 aliphatic heterocycles. The van der Waals surface area contributed by atoms with E-state index in [1.807, 2.05) is 18.2 Å². The van der Waals surface area contributed by atoms with Gasteiger partial charge in [0, 0.05) is 6.54 Å². The molecule has 0 bridgehead atoms. The third-order valence-corrected chi connectivity index (χ3v) is 7.54. The van der Waals surface area contributed by atoms with Crippen molar-refractivity contribution in [2.24, 2.45) is 11.8 Å². The zero-order valence-corrected chi connectivity index (χ0v) is 19.1. The third kappa shape index (κ3) is 5.34. The number of nitrogens with zero attached hydrogens (tertiary/aromatic N) is 2. The van der Waals surface area contributed by atoms with Crippen LogP contribution in [0.25, 0.3) is 0 Å². The maximum absolute atomic E-state index is 12.1. The molecular weight excluding hydrogens is 396 g/mol. The van der Waals surface area contributed by atoms with Crippen molar-refractivity contribution in [3.05, 3.63) is 65.7 Å². The average Bonchev–Trinajstić information content (AvgIpc) is 2.88. The molecule has 0 unspecified atom stereocenters. The smallest absolute Gasteiger partial charge is 0.119 e. The van der Waals surface area contributed by atoms with E-state index in [1.165, 1.54) is 19.3 Å². The molecule has 4 rings (SSSR count). The first-order valence-electron chi connectivity index (χ1n) is 12.3. The summed E-state index contributed by atoms with van der Waals surface area (Å²) in [7, 11) is 0. The quantitative estimate of drug-likeness (QED) is 0.559. The summed E-state index contributed by atoms with van der Waals surface area (Å²) in [6.45, 7) is 3.80. The second kappa shape index (κ2) is 11.0. The van der Waals surface area contributed by atoms with Crippen molar-refractivity contribution in [2.45, 2.75) is 57.0 Å². The second-order valence-corrected chi connectivity index (χ2v) is 9.48. The Morgan fingerprint density at radius 1 is 0.906 bits per heavy atom. The van der Waals surface area contributed by atoms with Crippen LogP contribution in [0.1, 0.15) is 62.5 Å². The van der Waals surface area contributed by atoms with E-state index in [-0.39, 0.29) is 0 Å². The summed E-state index contributed by atoms with van der Waals surface area (Å²) >= 11 is 0. The van der Waals surface area contributed by atoms with Gasteiger partial charge in [0.2, 0.25) is 0 Å². The van der Waals surface area contributed by atoms with Gasteiger partial charge in [-0.2, -0.15) is 5.26 Å². The molecule has 0 radical (unpaired) electrons. The van der Waals surface area contributed by atoms with Crippen LogP contribution in [0.3, 0.4) is 0 Å². The zero-order valence-electron chi connectivity index (χ0n) is 19.1. The van der Waals surface area contributed by atoms with Crippen LogP contribution in [-0.2, 0) is 5.60 Å². The van der Waals surface area contributed by atoms with Gasteiger partial charge in [-0.05, 0) is 86.9 Å². The third-order valence-electron chi connectivity index (χ3n) is 7.54. The van der Waals surface area contributed by atoms with Crippen molar-refractivity contribution in [2.75, 3.05) is 26.2 Å². The Labute approximate surface area is 192 Å². The van der Waals surface area contributed by atoms with Crippen LogP contribution >= 0.6 is 0 Å². The van der Waals surface area contributed by atoms with Gasteiger partial charge in [0.1, 0.15) is 5.75 Å². The van der Waals surface area contributed by atoms with Crippen LogP contribution < -0.4 is 4.74 Å². The Morgan fingerprint density at radius 3 is 2.22 bits per heavy atom. The monoisotopic (exact) mass is 432 g/mol. The number of rotatable bonds is 8. The maximum atomic E-state index is 12.1. The van der Waals surface area contributed by atoms with Gasteiger partial charge in [0.15, 0.2) is 0 Å². The van der Waals surface area contributed by atoms with Crippen LogP contribution in [0.15, 0.2) is 54.6 Å². The van der Waals surface area contributed by atoms with Crippen molar-refractivity contribution in [1.29, 1.82) is 5.26 Å². The summed E-state index contributed by atoms with van der Waals surface area (Å²) in [6.07, 6.45) is 9.20. The molecule has 1 heterocycles. The Morgan fingerprint density at radius 2 is 1.56 bits per heavy atom. The number of nitriles is 1. The molecule has 0 amide bonds. The molecule has 4 nitrogen and oxygen atoms in total. The van der Waals surface area contributed by atoms with E-state index in [0.717, 1.165) is 63.1 Å². The lowest BCUT2D eigenvalue weighted by molar-refractivity contribution is -0.105. The maximum Gasteiger partial charge on any atom is 0.119 e. The van der Waals surface area contributed by atoms with Gasteiger partial charge < -0.3 is 14.7 Å². The van der Waals surface area contributed by atoms with Crippen molar-refractivity contribution in [3.8, 4) is 11.8 Å². The summed E-state index contributed by atoms with van der Waals surface area (Å²) in [5.74, 6) is 1.54. The van der Waals surface area contributed by atoms with E-state index >= 15 is 0 Å². The van der Waals surface area contributed by atoms with Gasteiger partial charge in [-0.3, -0.25) is 0 Å². The fourth-order valence-electron chi connectivity index (χ4n) is 5.75. The van der Waals surface area contributed by atoms with Gasteiger partial charge in [0.05, 0.1) is 23.8 Å². The number of aliphatic hydroxyl groups is 1. The van der Waals surface area contributed by atoms with Crippen LogP contribution in [0, 0.1) is 23.2 Å². The highest BCUT2D eigenvalue weighted by Crippen LogP contribution is 2.47. The van der Waals surface area contributed by atoms with Crippen LogP contribution in [0.2, 0.25) is 0 Å². The summed E-state index contributed by atoms with van der Waals surface area (Å²) in [4.78, 5) is 2.52. The average molecular weight is 433 g/mol. The molecular formula is C28H36N2O2. The standard InChI is InChI=1S/C28H36N2O2/c29-22-23-12-14-27(15-13-23)32-21-7-18-30-19-16-26(17-20-30)28(31,24-8-3-1-4-9-24)25-10-5-2-6-11-25/h1,3-4,8-9,12-15,25-26,31H,2,5-7,10-11,16-21H2/t28-/m0/s1. The first-order valence-corrected chi connectivity index (χ1v) is 12.3. The Bertz CT molecular complexity index is 863. The number of hydrogen-bond donors (Lipinski definition) is 1. The highest BCUT2D eigenvalue weighted by atomic mass is 16.5. The predicted octanol–water partition coefficient (Wildman–Crippen LogP) is 5.51. The molecule has 32 heavy (non-hydrogen) atoms. The minimum absolute atomic E-state index is 0.333. The molecule has 2 aliphatic rings. The Hall–Kier alpha value is -2.35. The summed E-state index contributed by atoms with van der Waals surface area (Å²) in [5, 5.41) is 21.0. The molecule has 0 aromatic heterocycles. The highest BCUT2D eigenvalue weighted by molar-refractivity contribution is 5.34.